The number of ether oxygens (including phenoxy) is 1. The lowest BCUT2D eigenvalue weighted by atomic mass is 10.1. The number of benzene rings is 1. The van der Waals surface area contributed by atoms with E-state index < -0.39 is 0 Å². The molecule has 1 amide bonds. The molecule has 0 saturated heterocycles. The number of hydrogen-bond acceptors (Lipinski definition) is 6. The number of rotatable bonds is 4. The van der Waals surface area contributed by atoms with E-state index in [4.69, 9.17) is 10.5 Å². The quantitative estimate of drug-likeness (QED) is 0.669. The SMILES string of the molecule is COc1ccc(/C(C)=N\NC(=O)c2sc(N)nc2C)cc1. The number of nitrogen functional groups attached to an aromatic ring is 1. The van der Waals surface area contributed by atoms with Crippen molar-refractivity contribution in [3.05, 3.63) is 40.4 Å². The first-order chi connectivity index (χ1) is 10.0. The van der Waals surface area contributed by atoms with Gasteiger partial charge in [0.05, 0.1) is 18.5 Å². The summed E-state index contributed by atoms with van der Waals surface area (Å²) in [7, 11) is 1.61. The van der Waals surface area contributed by atoms with E-state index in [1.807, 2.05) is 31.2 Å². The summed E-state index contributed by atoms with van der Waals surface area (Å²) in [5.74, 6) is 0.459. The third kappa shape index (κ3) is 3.57. The molecule has 3 N–H and O–H groups in total. The van der Waals surface area contributed by atoms with Gasteiger partial charge >= 0.3 is 0 Å². The maximum Gasteiger partial charge on any atom is 0.283 e. The van der Waals surface area contributed by atoms with Crippen molar-refractivity contribution in [1.82, 2.24) is 10.4 Å². The van der Waals surface area contributed by atoms with Gasteiger partial charge in [0.1, 0.15) is 10.6 Å². The molecule has 0 bridgehead atoms. The number of methoxy groups -OCH3 is 1. The van der Waals surface area contributed by atoms with Gasteiger partial charge in [-0.25, -0.2) is 10.4 Å². The van der Waals surface area contributed by atoms with Gasteiger partial charge in [0, 0.05) is 0 Å². The summed E-state index contributed by atoms with van der Waals surface area (Å²) in [6.07, 6.45) is 0. The molecule has 1 aromatic carbocycles. The van der Waals surface area contributed by atoms with E-state index in [-0.39, 0.29) is 5.91 Å². The summed E-state index contributed by atoms with van der Waals surface area (Å²) in [6, 6.07) is 7.42. The molecule has 0 spiro atoms. The molecule has 0 radical (unpaired) electrons. The Kier molecular flexibility index (Phi) is 4.54. The fourth-order valence-corrected chi connectivity index (χ4v) is 2.43. The van der Waals surface area contributed by atoms with E-state index in [1.165, 1.54) is 0 Å². The second kappa shape index (κ2) is 6.36. The zero-order valence-corrected chi connectivity index (χ0v) is 12.8. The molecule has 1 aromatic heterocycles. The first-order valence-electron chi connectivity index (χ1n) is 6.23. The number of nitrogens with one attached hydrogen (secondary N) is 1. The fourth-order valence-electron chi connectivity index (χ4n) is 1.71. The standard InChI is InChI=1S/C14H16N4O2S/c1-8(10-4-6-11(20-3)7-5-10)17-18-13(19)12-9(2)16-14(15)21-12/h4-7H,1-3H3,(H2,15,16)(H,18,19)/b17-8-. The maximum atomic E-state index is 12.0. The normalized spacial score (nSPS) is 11.3. The van der Waals surface area contributed by atoms with Crippen molar-refractivity contribution >= 4 is 28.1 Å². The van der Waals surface area contributed by atoms with Crippen LogP contribution in [0.15, 0.2) is 29.4 Å². The van der Waals surface area contributed by atoms with Crippen LogP contribution >= 0.6 is 11.3 Å². The van der Waals surface area contributed by atoms with Crippen molar-refractivity contribution in [2.75, 3.05) is 12.8 Å². The van der Waals surface area contributed by atoms with Gasteiger partial charge in [0.25, 0.3) is 5.91 Å². The highest BCUT2D eigenvalue weighted by molar-refractivity contribution is 7.17. The Labute approximate surface area is 126 Å². The van der Waals surface area contributed by atoms with Crippen LogP contribution in [0, 0.1) is 6.92 Å². The Bertz CT molecular complexity index is 677. The monoisotopic (exact) mass is 304 g/mol. The van der Waals surface area contributed by atoms with Gasteiger partial charge in [-0.3, -0.25) is 4.79 Å². The molecule has 0 saturated carbocycles. The first kappa shape index (κ1) is 15.0. The predicted molar refractivity (Wildman–Crippen MR) is 83.9 cm³/mol. The number of aromatic nitrogens is 1. The molecule has 1 heterocycles. The minimum Gasteiger partial charge on any atom is -0.497 e. The third-order valence-electron chi connectivity index (χ3n) is 2.85. The molecule has 2 aromatic rings. The minimum atomic E-state index is -0.311. The second-order valence-electron chi connectivity index (χ2n) is 4.33. The van der Waals surface area contributed by atoms with Crippen molar-refractivity contribution in [3.8, 4) is 5.75 Å². The molecule has 21 heavy (non-hydrogen) atoms. The highest BCUT2D eigenvalue weighted by Gasteiger charge is 2.13. The number of anilines is 1. The third-order valence-corrected chi connectivity index (χ3v) is 3.84. The van der Waals surface area contributed by atoms with E-state index in [2.05, 4.69) is 15.5 Å². The van der Waals surface area contributed by atoms with Crippen molar-refractivity contribution in [2.24, 2.45) is 5.10 Å². The zero-order valence-electron chi connectivity index (χ0n) is 12.0. The predicted octanol–water partition coefficient (Wildman–Crippen LogP) is 2.20. The molecular weight excluding hydrogens is 288 g/mol. The van der Waals surface area contributed by atoms with Crippen molar-refractivity contribution in [2.45, 2.75) is 13.8 Å². The summed E-state index contributed by atoms with van der Waals surface area (Å²) < 4.78 is 5.09. The van der Waals surface area contributed by atoms with Crippen LogP contribution in [0.3, 0.4) is 0 Å². The van der Waals surface area contributed by atoms with Crippen molar-refractivity contribution < 1.29 is 9.53 Å². The topological polar surface area (TPSA) is 89.6 Å². The number of thiazole rings is 1. The highest BCUT2D eigenvalue weighted by atomic mass is 32.1. The van der Waals surface area contributed by atoms with E-state index in [1.54, 1.807) is 14.0 Å². The molecule has 0 fully saturated rings. The van der Waals surface area contributed by atoms with Crippen LogP contribution in [0.25, 0.3) is 0 Å². The Morgan fingerprint density at radius 1 is 1.38 bits per heavy atom. The van der Waals surface area contributed by atoms with Crippen LogP contribution in [0.5, 0.6) is 5.75 Å². The van der Waals surface area contributed by atoms with Crippen LogP contribution in [0.4, 0.5) is 5.13 Å². The number of nitrogens with two attached hydrogens (primary N) is 1. The van der Waals surface area contributed by atoms with Crippen LogP contribution in [0.1, 0.15) is 27.9 Å². The summed E-state index contributed by atoms with van der Waals surface area (Å²) in [6.45, 7) is 3.55. The lowest BCUT2D eigenvalue weighted by molar-refractivity contribution is 0.0958. The molecule has 7 heteroatoms. The fraction of sp³-hybridized carbons (Fsp3) is 0.214. The summed E-state index contributed by atoms with van der Waals surface area (Å²) >= 11 is 1.14. The van der Waals surface area contributed by atoms with Crippen molar-refractivity contribution in [3.63, 3.8) is 0 Å². The molecule has 0 aliphatic carbocycles. The molecule has 0 atom stereocenters. The van der Waals surface area contributed by atoms with E-state index in [0.29, 0.717) is 21.4 Å². The van der Waals surface area contributed by atoms with E-state index in [9.17, 15) is 4.79 Å². The van der Waals surface area contributed by atoms with E-state index in [0.717, 1.165) is 22.6 Å². The molecule has 0 aliphatic rings. The number of carbonyl (C=O) groups excluding carboxylic acids is 1. The molecule has 110 valence electrons. The Morgan fingerprint density at radius 2 is 2.05 bits per heavy atom. The molecule has 2 rings (SSSR count). The number of amides is 1. The number of carbonyl (C=O) groups is 1. The van der Waals surface area contributed by atoms with Crippen molar-refractivity contribution in [1.29, 1.82) is 0 Å². The Balaban J connectivity index is 2.08. The summed E-state index contributed by atoms with van der Waals surface area (Å²) in [4.78, 5) is 16.5. The maximum absolute atomic E-state index is 12.0. The largest absolute Gasteiger partial charge is 0.497 e. The lowest BCUT2D eigenvalue weighted by Crippen LogP contribution is -2.19. The lowest BCUT2D eigenvalue weighted by Gasteiger charge is -2.04. The van der Waals surface area contributed by atoms with Gasteiger partial charge in [0.2, 0.25) is 0 Å². The van der Waals surface area contributed by atoms with Gasteiger partial charge in [-0.2, -0.15) is 5.10 Å². The smallest absolute Gasteiger partial charge is 0.283 e. The molecule has 0 unspecified atom stereocenters. The zero-order chi connectivity index (χ0) is 15.4. The summed E-state index contributed by atoms with van der Waals surface area (Å²) in [5, 5.41) is 4.46. The van der Waals surface area contributed by atoms with Gasteiger partial charge < -0.3 is 10.5 Å². The Hall–Kier alpha value is -2.41. The van der Waals surface area contributed by atoms with Crippen LogP contribution in [-0.4, -0.2) is 23.7 Å². The van der Waals surface area contributed by atoms with Gasteiger partial charge in [-0.1, -0.05) is 11.3 Å². The van der Waals surface area contributed by atoms with Crippen LogP contribution in [-0.2, 0) is 0 Å². The molecule has 0 aliphatic heterocycles. The van der Waals surface area contributed by atoms with Gasteiger partial charge in [-0.15, -0.1) is 0 Å². The minimum absolute atomic E-state index is 0.311. The first-order valence-corrected chi connectivity index (χ1v) is 7.05. The van der Waals surface area contributed by atoms with Crippen LogP contribution in [0.2, 0.25) is 0 Å². The summed E-state index contributed by atoms with van der Waals surface area (Å²) in [5.41, 5.74) is 10.3. The number of hydrogen-bond donors (Lipinski definition) is 2. The highest BCUT2D eigenvalue weighted by Crippen LogP contribution is 2.19. The van der Waals surface area contributed by atoms with Crippen LogP contribution < -0.4 is 15.9 Å². The van der Waals surface area contributed by atoms with E-state index >= 15 is 0 Å². The average Bonchev–Trinajstić information content (AvgIpc) is 2.83. The average molecular weight is 304 g/mol. The number of aryl methyl sites for hydroxylation is 1. The number of hydrazone groups is 1. The van der Waals surface area contributed by atoms with Gasteiger partial charge in [0.15, 0.2) is 5.13 Å². The second-order valence-corrected chi connectivity index (χ2v) is 5.36. The van der Waals surface area contributed by atoms with Gasteiger partial charge in [-0.05, 0) is 43.7 Å². The molecule has 6 nitrogen and oxygen atoms in total. The number of nitrogens with zero attached hydrogens (tertiary/aromatic N) is 2. The molecular formula is C14H16N4O2S. The Morgan fingerprint density at radius 3 is 2.57 bits per heavy atom.